The van der Waals surface area contributed by atoms with Crippen molar-refractivity contribution >= 4 is 27.5 Å². The number of phenolic OH excluding ortho intramolecular Hbond substituents is 1. The third kappa shape index (κ3) is 2.39. The van der Waals surface area contributed by atoms with Gasteiger partial charge < -0.3 is 15.9 Å². The quantitative estimate of drug-likeness (QED) is 0.778. The highest BCUT2D eigenvalue weighted by atomic mass is 79.9. The van der Waals surface area contributed by atoms with Crippen molar-refractivity contribution in [2.75, 3.05) is 0 Å². The molecule has 0 aliphatic carbocycles. The first-order valence-corrected chi connectivity index (χ1v) is 5.22. The van der Waals surface area contributed by atoms with E-state index in [0.29, 0.717) is 10.0 Å². The predicted molar refractivity (Wildman–Crippen MR) is 59.4 cm³/mol. The lowest BCUT2D eigenvalue weighted by molar-refractivity contribution is 0.163. The topological polar surface area (TPSA) is 66.5 Å². The van der Waals surface area contributed by atoms with E-state index in [-0.39, 0.29) is 10.8 Å². The van der Waals surface area contributed by atoms with Crippen LogP contribution in [0.1, 0.15) is 18.5 Å². The van der Waals surface area contributed by atoms with Crippen LogP contribution in [-0.2, 0) is 0 Å². The van der Waals surface area contributed by atoms with Gasteiger partial charge in [0.15, 0.2) is 0 Å². The van der Waals surface area contributed by atoms with Crippen LogP contribution in [0.4, 0.5) is 0 Å². The summed E-state index contributed by atoms with van der Waals surface area (Å²) in [6.07, 6.45) is -0.744. The zero-order chi connectivity index (χ0) is 10.9. The molecule has 0 fully saturated rings. The molecule has 0 aromatic heterocycles. The van der Waals surface area contributed by atoms with Crippen molar-refractivity contribution in [2.45, 2.75) is 19.1 Å². The van der Waals surface area contributed by atoms with Crippen LogP contribution in [-0.4, -0.2) is 16.3 Å². The molecule has 5 heteroatoms. The van der Waals surface area contributed by atoms with E-state index in [9.17, 15) is 10.2 Å². The molecule has 1 aromatic carbocycles. The smallest absolute Gasteiger partial charge is 0.139 e. The minimum Gasteiger partial charge on any atom is -0.506 e. The van der Waals surface area contributed by atoms with Gasteiger partial charge in [0, 0.05) is 10.0 Å². The summed E-state index contributed by atoms with van der Waals surface area (Å²) in [5, 5.41) is 19.1. The van der Waals surface area contributed by atoms with Crippen LogP contribution in [0.2, 0.25) is 5.02 Å². The van der Waals surface area contributed by atoms with E-state index in [1.54, 1.807) is 19.1 Å². The number of hydrogen-bond acceptors (Lipinski definition) is 3. The van der Waals surface area contributed by atoms with Gasteiger partial charge in [0.1, 0.15) is 5.75 Å². The van der Waals surface area contributed by atoms with E-state index in [1.165, 1.54) is 0 Å². The van der Waals surface area contributed by atoms with Crippen LogP contribution in [0.15, 0.2) is 16.6 Å². The molecule has 0 aliphatic heterocycles. The summed E-state index contributed by atoms with van der Waals surface area (Å²) in [5.74, 6) is -0.0803. The van der Waals surface area contributed by atoms with E-state index >= 15 is 0 Å². The van der Waals surface area contributed by atoms with Crippen molar-refractivity contribution in [1.29, 1.82) is 0 Å². The largest absolute Gasteiger partial charge is 0.506 e. The van der Waals surface area contributed by atoms with Crippen LogP contribution in [0, 0.1) is 0 Å². The van der Waals surface area contributed by atoms with Crippen molar-refractivity contribution in [3.8, 4) is 5.75 Å². The van der Waals surface area contributed by atoms with Gasteiger partial charge in [-0.25, -0.2) is 0 Å². The standard InChI is InChI=1S/C9H11BrClNO2/c1-4(13)8(12)6-2-5(10)3-7(11)9(6)14/h2-4,8,13-14H,12H2,1H3/t4?,8-/m1/s1. The van der Waals surface area contributed by atoms with E-state index in [4.69, 9.17) is 17.3 Å². The Hall–Kier alpha value is -0.290. The Bertz CT molecular complexity index is 344. The fourth-order valence-corrected chi connectivity index (χ4v) is 1.93. The zero-order valence-corrected chi connectivity index (χ0v) is 9.88. The summed E-state index contributed by atoms with van der Waals surface area (Å²) >= 11 is 8.98. The van der Waals surface area contributed by atoms with Gasteiger partial charge in [0.2, 0.25) is 0 Å². The summed E-state index contributed by atoms with van der Waals surface area (Å²) in [7, 11) is 0. The van der Waals surface area contributed by atoms with Crippen molar-refractivity contribution in [3.05, 3.63) is 27.2 Å². The molecule has 4 N–H and O–H groups in total. The maximum atomic E-state index is 9.60. The lowest BCUT2D eigenvalue weighted by atomic mass is 10.0. The maximum Gasteiger partial charge on any atom is 0.139 e. The number of rotatable bonds is 2. The summed E-state index contributed by atoms with van der Waals surface area (Å²) in [5.41, 5.74) is 6.12. The lowest BCUT2D eigenvalue weighted by Gasteiger charge is -2.17. The van der Waals surface area contributed by atoms with Gasteiger partial charge in [-0.05, 0) is 19.1 Å². The summed E-state index contributed by atoms with van der Waals surface area (Å²) in [6, 6.07) is 2.55. The molecule has 0 aliphatic rings. The molecule has 3 nitrogen and oxygen atoms in total. The highest BCUT2D eigenvalue weighted by Crippen LogP contribution is 2.35. The highest BCUT2D eigenvalue weighted by molar-refractivity contribution is 9.10. The molecule has 0 heterocycles. The van der Waals surface area contributed by atoms with Gasteiger partial charge >= 0.3 is 0 Å². The van der Waals surface area contributed by atoms with Crippen molar-refractivity contribution < 1.29 is 10.2 Å². The molecule has 0 saturated heterocycles. The molecule has 1 unspecified atom stereocenters. The monoisotopic (exact) mass is 279 g/mol. The normalized spacial score (nSPS) is 15.2. The van der Waals surface area contributed by atoms with Gasteiger partial charge in [-0.2, -0.15) is 0 Å². The number of aliphatic hydroxyl groups is 1. The summed E-state index contributed by atoms with van der Waals surface area (Å²) in [6.45, 7) is 1.55. The Morgan fingerprint density at radius 2 is 2.07 bits per heavy atom. The zero-order valence-electron chi connectivity index (χ0n) is 7.54. The predicted octanol–water partition coefficient (Wildman–Crippen LogP) is 2.19. The number of hydrogen-bond donors (Lipinski definition) is 3. The second kappa shape index (κ2) is 4.49. The number of phenols is 1. The fourth-order valence-electron chi connectivity index (χ4n) is 1.10. The van der Waals surface area contributed by atoms with E-state index in [1.807, 2.05) is 0 Å². The molecule has 2 atom stereocenters. The van der Waals surface area contributed by atoms with Crippen LogP contribution >= 0.6 is 27.5 Å². The maximum absolute atomic E-state index is 9.60. The van der Waals surface area contributed by atoms with Gasteiger partial charge in [0.25, 0.3) is 0 Å². The average molecular weight is 281 g/mol. The van der Waals surface area contributed by atoms with Crippen LogP contribution < -0.4 is 5.73 Å². The van der Waals surface area contributed by atoms with Crippen LogP contribution in [0.5, 0.6) is 5.75 Å². The van der Waals surface area contributed by atoms with E-state index in [2.05, 4.69) is 15.9 Å². The Morgan fingerprint density at radius 3 is 2.57 bits per heavy atom. The molecule has 0 bridgehead atoms. The Labute approximate surface area is 95.6 Å². The number of aromatic hydroxyl groups is 1. The lowest BCUT2D eigenvalue weighted by Crippen LogP contribution is -2.23. The average Bonchev–Trinajstić information content (AvgIpc) is 2.09. The second-order valence-electron chi connectivity index (χ2n) is 3.09. The van der Waals surface area contributed by atoms with Crippen LogP contribution in [0.25, 0.3) is 0 Å². The summed E-state index contributed by atoms with van der Waals surface area (Å²) < 4.78 is 0.714. The van der Waals surface area contributed by atoms with E-state index in [0.717, 1.165) is 0 Å². The molecule has 0 radical (unpaired) electrons. The molecule has 0 amide bonds. The third-order valence-corrected chi connectivity index (χ3v) is 2.68. The number of nitrogens with two attached hydrogens (primary N) is 1. The second-order valence-corrected chi connectivity index (χ2v) is 4.41. The first kappa shape index (κ1) is 11.8. The molecular weight excluding hydrogens is 269 g/mol. The Kier molecular flexibility index (Phi) is 3.78. The van der Waals surface area contributed by atoms with Crippen molar-refractivity contribution in [3.63, 3.8) is 0 Å². The Balaban J connectivity index is 3.20. The minimum absolute atomic E-state index is 0.0803. The van der Waals surface area contributed by atoms with Gasteiger partial charge in [0.05, 0.1) is 17.2 Å². The van der Waals surface area contributed by atoms with E-state index < -0.39 is 12.1 Å². The van der Waals surface area contributed by atoms with Gasteiger partial charge in [-0.15, -0.1) is 0 Å². The Morgan fingerprint density at radius 1 is 1.50 bits per heavy atom. The fraction of sp³-hybridized carbons (Fsp3) is 0.333. The summed E-state index contributed by atoms with van der Waals surface area (Å²) in [4.78, 5) is 0. The number of benzene rings is 1. The molecular formula is C9H11BrClNO2. The van der Waals surface area contributed by atoms with Gasteiger partial charge in [-0.3, -0.25) is 0 Å². The SMILES string of the molecule is CC(O)[C@@H](N)c1cc(Br)cc(Cl)c1O. The molecule has 14 heavy (non-hydrogen) atoms. The highest BCUT2D eigenvalue weighted by Gasteiger charge is 2.18. The molecule has 1 rings (SSSR count). The van der Waals surface area contributed by atoms with Crippen molar-refractivity contribution in [1.82, 2.24) is 0 Å². The minimum atomic E-state index is -0.744. The molecule has 0 spiro atoms. The third-order valence-electron chi connectivity index (χ3n) is 1.94. The number of aliphatic hydroxyl groups excluding tert-OH is 1. The van der Waals surface area contributed by atoms with Gasteiger partial charge in [-0.1, -0.05) is 27.5 Å². The molecule has 78 valence electrons. The number of halogens is 2. The molecule has 0 saturated carbocycles. The van der Waals surface area contributed by atoms with Crippen LogP contribution in [0.3, 0.4) is 0 Å². The van der Waals surface area contributed by atoms with Crippen molar-refractivity contribution in [2.24, 2.45) is 5.73 Å². The first-order valence-electron chi connectivity index (χ1n) is 4.05. The molecule has 1 aromatic rings. The first-order chi connectivity index (χ1) is 6.43.